The smallest absolute Gasteiger partial charge is 0.231 e. The summed E-state index contributed by atoms with van der Waals surface area (Å²) < 4.78 is 10.8. The van der Waals surface area contributed by atoms with Crippen LogP contribution in [0.4, 0.5) is 5.69 Å². The van der Waals surface area contributed by atoms with Gasteiger partial charge in [-0.2, -0.15) is 5.26 Å². The Kier molecular flexibility index (Phi) is 3.18. The number of nitriles is 1. The van der Waals surface area contributed by atoms with Crippen LogP contribution in [0.5, 0.6) is 11.5 Å². The first-order chi connectivity index (χ1) is 9.28. The average Bonchev–Trinajstić information content (AvgIpc) is 2.88. The minimum atomic E-state index is 0.228. The van der Waals surface area contributed by atoms with Crippen LogP contribution in [0.15, 0.2) is 18.2 Å². The van der Waals surface area contributed by atoms with Crippen LogP contribution in [0.1, 0.15) is 13.3 Å². The molecule has 2 heterocycles. The van der Waals surface area contributed by atoms with E-state index in [2.05, 4.69) is 29.3 Å². The molecule has 0 spiro atoms. The highest BCUT2D eigenvalue weighted by Crippen LogP contribution is 2.36. The molecule has 0 radical (unpaired) electrons. The molecular formula is C14H17N3O2. The Hall–Kier alpha value is -1.93. The van der Waals surface area contributed by atoms with Gasteiger partial charge in [-0.05, 0) is 19.1 Å². The first-order valence-corrected chi connectivity index (χ1v) is 6.54. The number of piperazine rings is 1. The summed E-state index contributed by atoms with van der Waals surface area (Å²) in [6, 6.07) is 8.88. The van der Waals surface area contributed by atoms with Crippen molar-refractivity contribution in [2.75, 3.05) is 24.8 Å². The van der Waals surface area contributed by atoms with Crippen molar-refractivity contribution >= 4 is 5.69 Å². The number of hydrogen-bond acceptors (Lipinski definition) is 5. The number of nitrogens with zero attached hydrogens (tertiary/aromatic N) is 2. The molecule has 1 N–H and O–H groups in total. The molecule has 5 heteroatoms. The Labute approximate surface area is 112 Å². The molecule has 2 unspecified atom stereocenters. The van der Waals surface area contributed by atoms with Crippen LogP contribution in [0.25, 0.3) is 0 Å². The summed E-state index contributed by atoms with van der Waals surface area (Å²) in [5.74, 6) is 1.61. The summed E-state index contributed by atoms with van der Waals surface area (Å²) in [6.45, 7) is 4.21. The Balaban J connectivity index is 1.81. The molecule has 100 valence electrons. The van der Waals surface area contributed by atoms with Crippen molar-refractivity contribution in [3.05, 3.63) is 18.2 Å². The minimum Gasteiger partial charge on any atom is -0.454 e. The van der Waals surface area contributed by atoms with Crippen molar-refractivity contribution in [1.29, 1.82) is 5.26 Å². The van der Waals surface area contributed by atoms with Crippen LogP contribution in [-0.2, 0) is 0 Å². The van der Waals surface area contributed by atoms with Crippen LogP contribution < -0.4 is 19.7 Å². The van der Waals surface area contributed by atoms with Gasteiger partial charge in [-0.15, -0.1) is 0 Å². The van der Waals surface area contributed by atoms with E-state index in [1.54, 1.807) is 0 Å². The van der Waals surface area contributed by atoms with Crippen LogP contribution in [0, 0.1) is 11.3 Å². The number of rotatable bonds is 2. The second-order valence-electron chi connectivity index (χ2n) is 5.01. The predicted octanol–water partition coefficient (Wildman–Crippen LogP) is 1.50. The molecule has 2 atom stereocenters. The Bertz CT molecular complexity index is 512. The largest absolute Gasteiger partial charge is 0.454 e. The Morgan fingerprint density at radius 1 is 1.42 bits per heavy atom. The van der Waals surface area contributed by atoms with E-state index in [-0.39, 0.29) is 6.04 Å². The fourth-order valence-corrected chi connectivity index (χ4v) is 2.60. The second kappa shape index (κ2) is 4.98. The predicted molar refractivity (Wildman–Crippen MR) is 71.4 cm³/mol. The number of ether oxygens (including phenoxy) is 2. The monoisotopic (exact) mass is 259 g/mol. The van der Waals surface area contributed by atoms with Crippen LogP contribution >= 0.6 is 0 Å². The molecule has 1 fully saturated rings. The highest BCUT2D eigenvalue weighted by Gasteiger charge is 2.26. The summed E-state index contributed by atoms with van der Waals surface area (Å²) in [6.07, 6.45) is 0.535. The molecule has 0 saturated carbocycles. The van der Waals surface area contributed by atoms with E-state index in [1.807, 2.05) is 12.1 Å². The number of hydrogen-bond donors (Lipinski definition) is 1. The maximum absolute atomic E-state index is 8.82. The van der Waals surface area contributed by atoms with E-state index in [9.17, 15) is 0 Å². The summed E-state index contributed by atoms with van der Waals surface area (Å²) in [5.41, 5.74) is 1.13. The standard InChI is InChI=1S/C14H17N3O2/c1-10-7-16-11(4-5-15)8-17(10)12-2-3-13-14(6-12)19-9-18-13/h2-3,6,10-11,16H,4,7-9H2,1H3. The van der Waals surface area contributed by atoms with Gasteiger partial charge < -0.3 is 19.7 Å². The molecule has 1 saturated heterocycles. The normalized spacial score (nSPS) is 25.2. The van der Waals surface area contributed by atoms with Crippen LogP contribution in [0.2, 0.25) is 0 Å². The van der Waals surface area contributed by atoms with Crippen molar-refractivity contribution in [2.45, 2.75) is 25.4 Å². The molecule has 3 rings (SSSR count). The highest BCUT2D eigenvalue weighted by molar-refractivity contribution is 5.58. The molecule has 5 nitrogen and oxygen atoms in total. The second-order valence-corrected chi connectivity index (χ2v) is 5.01. The van der Waals surface area contributed by atoms with Crippen molar-refractivity contribution in [1.82, 2.24) is 5.32 Å². The zero-order valence-corrected chi connectivity index (χ0v) is 10.9. The Morgan fingerprint density at radius 3 is 3.11 bits per heavy atom. The number of anilines is 1. The Morgan fingerprint density at radius 2 is 2.26 bits per heavy atom. The van der Waals surface area contributed by atoms with E-state index >= 15 is 0 Å². The number of benzene rings is 1. The van der Waals surface area contributed by atoms with E-state index in [0.29, 0.717) is 19.3 Å². The van der Waals surface area contributed by atoms with Crippen molar-refractivity contribution in [2.24, 2.45) is 0 Å². The van der Waals surface area contributed by atoms with Gasteiger partial charge in [-0.25, -0.2) is 0 Å². The fraction of sp³-hybridized carbons (Fsp3) is 0.500. The van der Waals surface area contributed by atoms with Gasteiger partial charge in [0.1, 0.15) is 0 Å². The lowest BCUT2D eigenvalue weighted by atomic mass is 10.1. The van der Waals surface area contributed by atoms with Crippen LogP contribution in [0.3, 0.4) is 0 Å². The summed E-state index contributed by atoms with van der Waals surface area (Å²) in [5, 5.41) is 12.2. The first-order valence-electron chi connectivity index (χ1n) is 6.54. The zero-order valence-electron chi connectivity index (χ0n) is 10.9. The molecule has 1 aromatic rings. The van der Waals surface area contributed by atoms with Crippen LogP contribution in [-0.4, -0.2) is 32.0 Å². The average molecular weight is 259 g/mol. The lowest BCUT2D eigenvalue weighted by molar-refractivity contribution is 0.174. The van der Waals surface area contributed by atoms with E-state index in [4.69, 9.17) is 14.7 Å². The maximum atomic E-state index is 8.82. The third kappa shape index (κ3) is 2.32. The van der Waals surface area contributed by atoms with Gasteiger partial charge in [0.15, 0.2) is 11.5 Å². The minimum absolute atomic E-state index is 0.228. The molecule has 0 bridgehead atoms. The number of fused-ring (bicyclic) bond motifs is 1. The summed E-state index contributed by atoms with van der Waals surface area (Å²) >= 11 is 0. The third-order valence-corrected chi connectivity index (χ3v) is 3.68. The first kappa shape index (κ1) is 12.1. The lowest BCUT2D eigenvalue weighted by Crippen LogP contribution is -2.55. The van der Waals surface area contributed by atoms with Crippen molar-refractivity contribution < 1.29 is 9.47 Å². The van der Waals surface area contributed by atoms with Gasteiger partial charge in [-0.1, -0.05) is 0 Å². The van der Waals surface area contributed by atoms with E-state index in [1.165, 1.54) is 0 Å². The molecule has 2 aliphatic heterocycles. The molecular weight excluding hydrogens is 242 g/mol. The van der Waals surface area contributed by atoms with Gasteiger partial charge in [0.25, 0.3) is 0 Å². The molecule has 1 aromatic carbocycles. The lowest BCUT2D eigenvalue weighted by Gasteiger charge is -2.39. The van der Waals surface area contributed by atoms with Gasteiger partial charge in [-0.3, -0.25) is 0 Å². The SMILES string of the molecule is CC1CNC(CC#N)CN1c1ccc2c(c1)OCO2. The topological polar surface area (TPSA) is 57.5 Å². The van der Waals surface area contributed by atoms with E-state index < -0.39 is 0 Å². The quantitative estimate of drug-likeness (QED) is 0.872. The molecule has 2 aliphatic rings. The molecule has 0 aromatic heterocycles. The van der Waals surface area contributed by atoms with Gasteiger partial charge in [0.2, 0.25) is 6.79 Å². The molecule has 0 aliphatic carbocycles. The maximum Gasteiger partial charge on any atom is 0.231 e. The molecule has 0 amide bonds. The van der Waals surface area contributed by atoms with Crippen molar-refractivity contribution in [3.8, 4) is 17.6 Å². The van der Waals surface area contributed by atoms with Gasteiger partial charge >= 0.3 is 0 Å². The summed E-state index contributed by atoms with van der Waals surface area (Å²) in [4.78, 5) is 2.32. The fourth-order valence-electron chi connectivity index (χ4n) is 2.60. The highest BCUT2D eigenvalue weighted by atomic mass is 16.7. The van der Waals surface area contributed by atoms with E-state index in [0.717, 1.165) is 30.3 Å². The van der Waals surface area contributed by atoms with Gasteiger partial charge in [0.05, 0.1) is 12.5 Å². The molecule has 19 heavy (non-hydrogen) atoms. The van der Waals surface area contributed by atoms with Gasteiger partial charge in [0, 0.05) is 36.9 Å². The third-order valence-electron chi connectivity index (χ3n) is 3.68. The zero-order chi connectivity index (χ0) is 13.2. The summed E-state index contributed by atoms with van der Waals surface area (Å²) in [7, 11) is 0. The number of nitrogens with one attached hydrogen (secondary N) is 1. The van der Waals surface area contributed by atoms with Crippen molar-refractivity contribution in [3.63, 3.8) is 0 Å².